The minimum atomic E-state index is 0.0381. The number of aryl methyl sites for hydroxylation is 1. The smallest absolute Gasteiger partial charge is 0.220 e. The Hall–Kier alpha value is -2.93. The van der Waals surface area contributed by atoms with Crippen LogP contribution in [0.4, 0.5) is 0 Å². The number of nitrogens with one attached hydrogen (secondary N) is 2. The van der Waals surface area contributed by atoms with Crippen LogP contribution in [0.25, 0.3) is 11.2 Å². The van der Waals surface area contributed by atoms with Gasteiger partial charge in [-0.2, -0.15) is 0 Å². The zero-order valence-corrected chi connectivity index (χ0v) is 16.7. The molecule has 0 saturated carbocycles. The maximum absolute atomic E-state index is 12.5. The highest BCUT2D eigenvalue weighted by Gasteiger charge is 2.24. The fourth-order valence-electron chi connectivity index (χ4n) is 3.88. The van der Waals surface area contributed by atoms with Crippen LogP contribution in [0.1, 0.15) is 36.7 Å². The number of hydrogen-bond acceptors (Lipinski definition) is 5. The fraction of sp³-hybridized carbons (Fsp3) is 0.409. The topological polar surface area (TPSA) is 83.1 Å². The summed E-state index contributed by atoms with van der Waals surface area (Å²) in [7, 11) is 1.67. The number of aromatic amines is 1. The molecule has 7 heteroatoms. The number of aromatic nitrogens is 3. The molecular formula is C22H27N5O2. The monoisotopic (exact) mass is 393 g/mol. The minimum absolute atomic E-state index is 0.0381. The van der Waals surface area contributed by atoms with Gasteiger partial charge in [-0.15, -0.1) is 0 Å². The number of carbonyl (C=O) groups is 1. The van der Waals surface area contributed by atoms with E-state index >= 15 is 0 Å². The summed E-state index contributed by atoms with van der Waals surface area (Å²) in [6, 6.07) is 12.1. The molecular weight excluding hydrogens is 366 g/mol. The van der Waals surface area contributed by atoms with Crippen LogP contribution in [0, 0.1) is 0 Å². The number of methoxy groups -OCH3 is 1. The van der Waals surface area contributed by atoms with Crippen LogP contribution in [0.15, 0.2) is 42.6 Å². The molecule has 29 heavy (non-hydrogen) atoms. The number of amides is 1. The quantitative estimate of drug-likeness (QED) is 0.615. The van der Waals surface area contributed by atoms with Gasteiger partial charge in [0.05, 0.1) is 18.7 Å². The van der Waals surface area contributed by atoms with E-state index in [4.69, 9.17) is 4.74 Å². The van der Waals surface area contributed by atoms with Crippen LogP contribution in [-0.2, 0) is 11.2 Å². The number of H-pyrrole nitrogens is 1. The van der Waals surface area contributed by atoms with Crippen molar-refractivity contribution in [2.45, 2.75) is 31.7 Å². The predicted molar refractivity (Wildman–Crippen MR) is 112 cm³/mol. The van der Waals surface area contributed by atoms with E-state index in [1.807, 2.05) is 24.3 Å². The van der Waals surface area contributed by atoms with E-state index in [2.05, 4.69) is 37.3 Å². The van der Waals surface area contributed by atoms with Crippen molar-refractivity contribution >= 4 is 17.1 Å². The van der Waals surface area contributed by atoms with Gasteiger partial charge in [0.25, 0.3) is 0 Å². The lowest BCUT2D eigenvalue weighted by Gasteiger charge is -2.28. The van der Waals surface area contributed by atoms with Gasteiger partial charge in [-0.3, -0.25) is 9.69 Å². The van der Waals surface area contributed by atoms with Crippen LogP contribution in [0.5, 0.6) is 5.75 Å². The summed E-state index contributed by atoms with van der Waals surface area (Å²) in [5.74, 6) is 1.68. The number of imidazole rings is 1. The molecule has 4 rings (SSSR count). The predicted octanol–water partition coefficient (Wildman–Crippen LogP) is 2.85. The van der Waals surface area contributed by atoms with Gasteiger partial charge in [-0.05, 0) is 55.8 Å². The second-order valence-corrected chi connectivity index (χ2v) is 7.39. The van der Waals surface area contributed by atoms with E-state index < -0.39 is 0 Å². The van der Waals surface area contributed by atoms with Gasteiger partial charge in [0.2, 0.25) is 5.91 Å². The third-order valence-corrected chi connectivity index (χ3v) is 5.47. The number of nitrogens with zero attached hydrogens (tertiary/aromatic N) is 3. The molecule has 3 heterocycles. The standard InChI is InChI=1S/C22H27N5O2/c1-29-17-8-6-16(7-9-17)19(27-13-2-3-14-27)15-24-21(28)11-10-20-25-18-5-4-12-23-22(18)26-20/h4-9,12,19H,2-3,10-11,13-15H2,1H3,(H,24,28)(H,23,25,26). The van der Waals surface area contributed by atoms with E-state index in [0.717, 1.165) is 30.2 Å². The number of ether oxygens (including phenoxy) is 1. The highest BCUT2D eigenvalue weighted by atomic mass is 16.5. The number of carbonyl (C=O) groups excluding carboxylic acids is 1. The van der Waals surface area contributed by atoms with Crippen molar-refractivity contribution in [3.05, 3.63) is 54.0 Å². The Morgan fingerprint density at radius 1 is 1.24 bits per heavy atom. The SMILES string of the molecule is COc1ccc(C(CNC(=O)CCc2nc3ncccc3[nH]2)N2CCCC2)cc1. The van der Waals surface area contributed by atoms with Crippen molar-refractivity contribution < 1.29 is 9.53 Å². The fourth-order valence-corrected chi connectivity index (χ4v) is 3.88. The van der Waals surface area contributed by atoms with E-state index in [1.54, 1.807) is 13.3 Å². The third-order valence-electron chi connectivity index (χ3n) is 5.47. The Morgan fingerprint density at radius 2 is 2.03 bits per heavy atom. The molecule has 0 radical (unpaired) electrons. The molecule has 0 bridgehead atoms. The summed E-state index contributed by atoms with van der Waals surface area (Å²) in [5, 5.41) is 3.12. The normalized spacial score (nSPS) is 15.5. The van der Waals surface area contributed by atoms with Gasteiger partial charge >= 0.3 is 0 Å². The van der Waals surface area contributed by atoms with Gasteiger partial charge in [0, 0.05) is 25.6 Å². The molecule has 1 unspecified atom stereocenters. The van der Waals surface area contributed by atoms with Gasteiger partial charge in [-0.1, -0.05) is 12.1 Å². The minimum Gasteiger partial charge on any atom is -0.497 e. The Labute approximate surface area is 170 Å². The molecule has 1 saturated heterocycles. The summed E-state index contributed by atoms with van der Waals surface area (Å²) >= 11 is 0. The number of fused-ring (bicyclic) bond motifs is 1. The number of pyridine rings is 1. The lowest BCUT2D eigenvalue weighted by Crippen LogP contribution is -2.36. The zero-order chi connectivity index (χ0) is 20.1. The summed E-state index contributed by atoms with van der Waals surface area (Å²) < 4.78 is 5.27. The first kappa shape index (κ1) is 19.4. The average Bonchev–Trinajstić information content (AvgIpc) is 3.42. The summed E-state index contributed by atoms with van der Waals surface area (Å²) in [5.41, 5.74) is 2.80. The van der Waals surface area contributed by atoms with Crippen molar-refractivity contribution in [3.8, 4) is 5.75 Å². The number of likely N-dealkylation sites (tertiary alicyclic amines) is 1. The Kier molecular flexibility index (Phi) is 6.05. The van der Waals surface area contributed by atoms with Gasteiger partial charge in [-0.25, -0.2) is 9.97 Å². The summed E-state index contributed by atoms with van der Waals surface area (Å²) in [6.45, 7) is 2.74. The first-order valence-electron chi connectivity index (χ1n) is 10.2. The van der Waals surface area contributed by atoms with Crippen LogP contribution in [-0.4, -0.2) is 52.5 Å². The van der Waals surface area contributed by atoms with E-state index in [9.17, 15) is 4.79 Å². The van der Waals surface area contributed by atoms with Gasteiger partial charge < -0.3 is 15.0 Å². The second-order valence-electron chi connectivity index (χ2n) is 7.39. The summed E-state index contributed by atoms with van der Waals surface area (Å²) in [6.07, 6.45) is 5.10. The molecule has 2 aromatic heterocycles. The lowest BCUT2D eigenvalue weighted by molar-refractivity contribution is -0.121. The Morgan fingerprint density at radius 3 is 2.76 bits per heavy atom. The molecule has 3 aromatic rings. The second kappa shape index (κ2) is 9.05. The largest absolute Gasteiger partial charge is 0.497 e. The maximum atomic E-state index is 12.5. The van der Waals surface area contributed by atoms with Crippen LogP contribution < -0.4 is 10.1 Å². The highest BCUT2D eigenvalue weighted by molar-refractivity contribution is 5.76. The number of benzene rings is 1. The summed E-state index contributed by atoms with van der Waals surface area (Å²) in [4.78, 5) is 26.8. The Balaban J connectivity index is 1.35. The first-order chi connectivity index (χ1) is 14.2. The first-order valence-corrected chi connectivity index (χ1v) is 10.2. The molecule has 1 fully saturated rings. The average molecular weight is 393 g/mol. The van der Waals surface area contributed by atoms with E-state index in [0.29, 0.717) is 25.0 Å². The Bertz CT molecular complexity index is 914. The van der Waals surface area contributed by atoms with Crippen LogP contribution in [0.3, 0.4) is 0 Å². The number of hydrogen-bond donors (Lipinski definition) is 2. The lowest BCUT2D eigenvalue weighted by atomic mass is 10.1. The van der Waals surface area contributed by atoms with Gasteiger partial charge in [0.1, 0.15) is 11.6 Å². The van der Waals surface area contributed by atoms with Crippen LogP contribution >= 0.6 is 0 Å². The van der Waals surface area contributed by atoms with Crippen LogP contribution in [0.2, 0.25) is 0 Å². The van der Waals surface area contributed by atoms with E-state index in [-0.39, 0.29) is 11.9 Å². The highest BCUT2D eigenvalue weighted by Crippen LogP contribution is 2.26. The zero-order valence-electron chi connectivity index (χ0n) is 16.7. The number of rotatable bonds is 8. The third kappa shape index (κ3) is 4.74. The van der Waals surface area contributed by atoms with Crippen molar-refractivity contribution in [1.29, 1.82) is 0 Å². The molecule has 1 amide bonds. The molecule has 1 aliphatic rings. The molecule has 0 aliphatic carbocycles. The molecule has 152 valence electrons. The molecule has 0 spiro atoms. The van der Waals surface area contributed by atoms with Crippen molar-refractivity contribution in [2.75, 3.05) is 26.7 Å². The molecule has 1 atom stereocenters. The van der Waals surface area contributed by atoms with Crippen molar-refractivity contribution in [2.24, 2.45) is 0 Å². The molecule has 1 aromatic carbocycles. The van der Waals surface area contributed by atoms with Crippen molar-refractivity contribution in [1.82, 2.24) is 25.2 Å². The van der Waals surface area contributed by atoms with Crippen molar-refractivity contribution in [3.63, 3.8) is 0 Å². The van der Waals surface area contributed by atoms with E-state index in [1.165, 1.54) is 18.4 Å². The molecule has 7 nitrogen and oxygen atoms in total. The molecule has 1 aliphatic heterocycles. The maximum Gasteiger partial charge on any atom is 0.220 e. The molecule has 2 N–H and O–H groups in total. The van der Waals surface area contributed by atoms with Gasteiger partial charge in [0.15, 0.2) is 5.65 Å².